The number of hydrogen-bond acceptors (Lipinski definition) is 4. The molecule has 0 aliphatic carbocycles. The summed E-state index contributed by atoms with van der Waals surface area (Å²) in [7, 11) is 1.57. The highest BCUT2D eigenvalue weighted by Gasteiger charge is 2.09. The molecule has 0 atom stereocenters. The summed E-state index contributed by atoms with van der Waals surface area (Å²) in [6.45, 7) is 2.36. The zero-order valence-corrected chi connectivity index (χ0v) is 17.3. The van der Waals surface area contributed by atoms with E-state index in [-0.39, 0.29) is 11.8 Å². The molecule has 0 saturated carbocycles. The van der Waals surface area contributed by atoms with Gasteiger partial charge in [0.25, 0.3) is 11.8 Å². The maximum atomic E-state index is 12.5. The van der Waals surface area contributed by atoms with E-state index < -0.39 is 0 Å². The SMILES string of the molecule is CNC(=O)c1ccc(NC(=O)c2ccc(OCc3cn4cccc(C)c4n3)cc2)cc1. The molecule has 31 heavy (non-hydrogen) atoms. The molecule has 7 heteroatoms. The Balaban J connectivity index is 1.36. The summed E-state index contributed by atoms with van der Waals surface area (Å²) in [5, 5.41) is 5.37. The van der Waals surface area contributed by atoms with Crippen LogP contribution in [-0.4, -0.2) is 28.2 Å². The molecule has 2 amide bonds. The summed E-state index contributed by atoms with van der Waals surface area (Å²) in [6, 6.07) is 17.6. The van der Waals surface area contributed by atoms with Crippen LogP contribution in [0.15, 0.2) is 73.1 Å². The van der Waals surface area contributed by atoms with E-state index in [2.05, 4.69) is 15.6 Å². The molecule has 0 saturated heterocycles. The first-order valence-electron chi connectivity index (χ1n) is 9.83. The van der Waals surface area contributed by atoms with Crippen molar-refractivity contribution in [1.82, 2.24) is 14.7 Å². The average molecular weight is 414 g/mol. The third-order valence-corrected chi connectivity index (χ3v) is 4.86. The van der Waals surface area contributed by atoms with Crippen LogP contribution in [0.25, 0.3) is 5.65 Å². The lowest BCUT2D eigenvalue weighted by atomic mass is 10.1. The van der Waals surface area contributed by atoms with Crippen LogP contribution >= 0.6 is 0 Å². The van der Waals surface area contributed by atoms with E-state index in [1.54, 1.807) is 55.6 Å². The van der Waals surface area contributed by atoms with Gasteiger partial charge in [-0.25, -0.2) is 4.98 Å². The fourth-order valence-electron chi connectivity index (χ4n) is 3.19. The standard InChI is InChI=1S/C24H22N4O3/c1-16-4-3-13-28-14-20(26-22(16)28)15-31-21-11-7-18(8-12-21)24(30)27-19-9-5-17(6-10-19)23(29)25-2/h3-14H,15H2,1-2H3,(H,25,29)(H,27,30). The van der Waals surface area contributed by atoms with Crippen LogP contribution < -0.4 is 15.4 Å². The largest absolute Gasteiger partial charge is 0.487 e. The van der Waals surface area contributed by atoms with E-state index in [0.29, 0.717) is 29.2 Å². The molecule has 156 valence electrons. The maximum Gasteiger partial charge on any atom is 0.255 e. The van der Waals surface area contributed by atoms with Crippen LogP contribution in [0.3, 0.4) is 0 Å². The molecule has 0 bridgehead atoms. The van der Waals surface area contributed by atoms with Gasteiger partial charge in [-0.15, -0.1) is 0 Å². The molecule has 0 fully saturated rings. The maximum absolute atomic E-state index is 12.5. The van der Waals surface area contributed by atoms with E-state index in [4.69, 9.17) is 4.74 Å². The van der Waals surface area contributed by atoms with E-state index in [9.17, 15) is 9.59 Å². The number of hydrogen-bond donors (Lipinski definition) is 2. The van der Waals surface area contributed by atoms with Crippen molar-refractivity contribution in [3.8, 4) is 5.75 Å². The minimum atomic E-state index is -0.241. The number of amides is 2. The van der Waals surface area contributed by atoms with Crippen molar-refractivity contribution < 1.29 is 14.3 Å². The van der Waals surface area contributed by atoms with E-state index >= 15 is 0 Å². The predicted octanol–water partition coefficient (Wildman–Crippen LogP) is 3.83. The third kappa shape index (κ3) is 4.56. The quantitative estimate of drug-likeness (QED) is 0.502. The minimum absolute atomic E-state index is 0.174. The van der Waals surface area contributed by atoms with Gasteiger partial charge in [0, 0.05) is 36.3 Å². The average Bonchev–Trinajstić information content (AvgIpc) is 3.22. The second kappa shape index (κ2) is 8.71. The third-order valence-electron chi connectivity index (χ3n) is 4.86. The van der Waals surface area contributed by atoms with Crippen LogP contribution in [0.4, 0.5) is 5.69 Å². The molecule has 0 unspecified atom stereocenters. The van der Waals surface area contributed by atoms with Gasteiger partial charge in [0.05, 0.1) is 5.69 Å². The number of rotatable bonds is 6. The highest BCUT2D eigenvalue weighted by Crippen LogP contribution is 2.17. The van der Waals surface area contributed by atoms with Gasteiger partial charge in [0.15, 0.2) is 0 Å². The Labute approximate surface area is 179 Å². The number of pyridine rings is 1. The van der Waals surface area contributed by atoms with Crippen molar-refractivity contribution in [2.24, 2.45) is 0 Å². The topological polar surface area (TPSA) is 84.7 Å². The molecular weight excluding hydrogens is 392 g/mol. The van der Waals surface area contributed by atoms with Crippen LogP contribution in [0.2, 0.25) is 0 Å². The van der Waals surface area contributed by atoms with Gasteiger partial charge in [-0.05, 0) is 67.1 Å². The van der Waals surface area contributed by atoms with Crippen LogP contribution in [0.5, 0.6) is 5.75 Å². The Morgan fingerprint density at radius 3 is 2.32 bits per heavy atom. The van der Waals surface area contributed by atoms with Gasteiger partial charge < -0.3 is 19.8 Å². The number of fused-ring (bicyclic) bond motifs is 1. The smallest absolute Gasteiger partial charge is 0.255 e. The second-order valence-electron chi connectivity index (χ2n) is 7.08. The number of aromatic nitrogens is 2. The Morgan fingerprint density at radius 2 is 1.65 bits per heavy atom. The minimum Gasteiger partial charge on any atom is -0.487 e. The highest BCUT2D eigenvalue weighted by atomic mass is 16.5. The Kier molecular flexibility index (Phi) is 5.66. The molecule has 7 nitrogen and oxygen atoms in total. The molecular formula is C24H22N4O3. The molecule has 2 aromatic carbocycles. The number of benzene rings is 2. The van der Waals surface area contributed by atoms with Crippen molar-refractivity contribution in [3.63, 3.8) is 0 Å². The zero-order valence-electron chi connectivity index (χ0n) is 17.3. The molecule has 0 spiro atoms. The number of nitrogens with zero attached hydrogens (tertiary/aromatic N) is 2. The molecule has 0 radical (unpaired) electrons. The van der Waals surface area contributed by atoms with Crippen molar-refractivity contribution in [2.45, 2.75) is 13.5 Å². The van der Waals surface area contributed by atoms with E-state index in [0.717, 1.165) is 16.9 Å². The number of ether oxygens (including phenoxy) is 1. The summed E-state index contributed by atoms with van der Waals surface area (Å²) >= 11 is 0. The second-order valence-corrected chi connectivity index (χ2v) is 7.08. The number of carbonyl (C=O) groups excluding carboxylic acids is 2. The normalized spacial score (nSPS) is 10.6. The predicted molar refractivity (Wildman–Crippen MR) is 118 cm³/mol. The highest BCUT2D eigenvalue weighted by molar-refractivity contribution is 6.04. The van der Waals surface area contributed by atoms with E-state index in [1.807, 2.05) is 35.9 Å². The Hall–Kier alpha value is -4.13. The van der Waals surface area contributed by atoms with Crippen molar-refractivity contribution >= 4 is 23.1 Å². The van der Waals surface area contributed by atoms with Crippen molar-refractivity contribution in [1.29, 1.82) is 0 Å². The molecule has 4 rings (SSSR count). The number of aryl methyl sites for hydroxylation is 1. The van der Waals surface area contributed by atoms with Gasteiger partial charge in [-0.3, -0.25) is 9.59 Å². The van der Waals surface area contributed by atoms with Crippen LogP contribution in [0, 0.1) is 6.92 Å². The summed E-state index contributed by atoms with van der Waals surface area (Å²) in [6.07, 6.45) is 3.90. The van der Waals surface area contributed by atoms with Gasteiger partial charge in [0.1, 0.15) is 18.0 Å². The summed E-state index contributed by atoms with van der Waals surface area (Å²) < 4.78 is 7.79. The number of imidazole rings is 1. The lowest BCUT2D eigenvalue weighted by molar-refractivity contribution is 0.0962. The fourth-order valence-corrected chi connectivity index (χ4v) is 3.19. The zero-order chi connectivity index (χ0) is 21.8. The summed E-state index contributed by atoms with van der Waals surface area (Å²) in [5.41, 5.74) is 4.49. The summed E-state index contributed by atoms with van der Waals surface area (Å²) in [5.74, 6) is 0.238. The fraction of sp³-hybridized carbons (Fsp3) is 0.125. The first-order chi connectivity index (χ1) is 15.0. The number of anilines is 1. The van der Waals surface area contributed by atoms with Gasteiger partial charge >= 0.3 is 0 Å². The molecule has 0 aliphatic heterocycles. The van der Waals surface area contributed by atoms with Crippen molar-refractivity contribution in [2.75, 3.05) is 12.4 Å². The van der Waals surface area contributed by atoms with E-state index in [1.165, 1.54) is 0 Å². The van der Waals surface area contributed by atoms with Crippen LogP contribution in [-0.2, 0) is 6.61 Å². The molecule has 2 aromatic heterocycles. The van der Waals surface area contributed by atoms with Gasteiger partial charge in [-0.1, -0.05) is 6.07 Å². The molecule has 0 aliphatic rings. The van der Waals surface area contributed by atoms with Gasteiger partial charge in [0.2, 0.25) is 0 Å². The lowest BCUT2D eigenvalue weighted by Gasteiger charge is -2.08. The number of nitrogens with one attached hydrogen (secondary N) is 2. The first kappa shape index (κ1) is 20.2. The number of carbonyl (C=O) groups is 2. The first-order valence-corrected chi connectivity index (χ1v) is 9.83. The molecule has 4 aromatic rings. The van der Waals surface area contributed by atoms with Crippen LogP contribution in [0.1, 0.15) is 32.0 Å². The molecule has 2 heterocycles. The lowest BCUT2D eigenvalue weighted by Crippen LogP contribution is -2.17. The Bertz CT molecular complexity index is 1230. The molecule has 2 N–H and O–H groups in total. The Morgan fingerprint density at radius 1 is 0.968 bits per heavy atom. The monoisotopic (exact) mass is 414 g/mol. The van der Waals surface area contributed by atoms with Crippen molar-refractivity contribution in [3.05, 3.63) is 95.4 Å². The summed E-state index contributed by atoms with van der Waals surface area (Å²) in [4.78, 5) is 28.6. The van der Waals surface area contributed by atoms with Gasteiger partial charge in [-0.2, -0.15) is 0 Å².